The molecular weight excluding hydrogens is 403 g/mol. The van der Waals surface area contributed by atoms with Crippen LogP contribution in [0.25, 0.3) is 6.08 Å². The van der Waals surface area contributed by atoms with Crippen molar-refractivity contribution in [3.05, 3.63) is 57.6 Å². The van der Waals surface area contributed by atoms with Gasteiger partial charge in [0.2, 0.25) is 0 Å². The molecule has 1 N–H and O–H groups in total. The number of esters is 1. The highest BCUT2D eigenvalue weighted by atomic mass is 35.5. The first-order valence-corrected chi connectivity index (χ1v) is 8.93. The Hall–Kier alpha value is -3.01. The van der Waals surface area contributed by atoms with Crippen LogP contribution in [0.15, 0.2) is 42.0 Å². The monoisotopic (exact) mass is 418 g/mol. The smallest absolute Gasteiger partial charge is 0.308 e. The van der Waals surface area contributed by atoms with E-state index in [0.717, 1.165) is 0 Å². The van der Waals surface area contributed by atoms with Crippen molar-refractivity contribution in [2.24, 2.45) is 0 Å². The van der Waals surface area contributed by atoms with E-state index in [2.05, 4.69) is 5.32 Å². The maximum atomic E-state index is 12.4. The summed E-state index contributed by atoms with van der Waals surface area (Å²) in [5.74, 6) is -0.560. The predicted molar refractivity (Wildman–Crippen MR) is 108 cm³/mol. The minimum atomic E-state index is -0.645. The zero-order chi connectivity index (χ0) is 20.7. The Labute approximate surface area is 172 Å². The molecule has 0 unspecified atom stereocenters. The zero-order valence-electron chi connectivity index (χ0n) is 15.1. The van der Waals surface area contributed by atoms with Gasteiger partial charge in [-0.15, -0.1) is 0 Å². The molecule has 0 saturated carbocycles. The number of carbonyl (C=O) groups excluding carboxylic acids is 2. The second-order valence-corrected chi connectivity index (χ2v) is 6.24. The average molecular weight is 419 g/mol. The van der Waals surface area contributed by atoms with Crippen LogP contribution in [-0.4, -0.2) is 18.5 Å². The second-order valence-electron chi connectivity index (χ2n) is 5.46. The van der Waals surface area contributed by atoms with Crippen LogP contribution in [0.2, 0.25) is 10.0 Å². The Morgan fingerprint density at radius 2 is 1.96 bits per heavy atom. The molecule has 144 valence electrons. The molecule has 0 aliphatic rings. The molecule has 28 heavy (non-hydrogen) atoms. The minimum Gasteiger partial charge on any atom is -0.490 e. The number of hydrogen-bond donors (Lipinski definition) is 1. The molecule has 0 spiro atoms. The standard InChI is InChI=1S/C20H16Cl2N2O4/c1-3-27-18-10-13(7-8-17(18)28-12(2)25)9-14(11-23)20(26)24-16-6-4-5-15(21)19(16)22/h4-10H,3H2,1-2H3,(H,24,26)/b14-9+. The number of hydrogen-bond acceptors (Lipinski definition) is 5. The summed E-state index contributed by atoms with van der Waals surface area (Å²) in [6, 6.07) is 11.3. The number of ether oxygens (including phenoxy) is 2. The van der Waals surface area contributed by atoms with E-state index < -0.39 is 11.9 Å². The summed E-state index contributed by atoms with van der Waals surface area (Å²) in [5, 5.41) is 12.4. The number of nitrogens with zero attached hydrogens (tertiary/aromatic N) is 1. The number of carbonyl (C=O) groups is 2. The summed E-state index contributed by atoms with van der Waals surface area (Å²) in [5.41, 5.74) is 0.655. The highest BCUT2D eigenvalue weighted by Crippen LogP contribution is 2.31. The Balaban J connectivity index is 2.31. The number of rotatable bonds is 6. The molecule has 1 amide bonds. The quantitative estimate of drug-likeness (QED) is 0.313. The topological polar surface area (TPSA) is 88.4 Å². The lowest BCUT2D eigenvalue weighted by atomic mass is 10.1. The molecule has 2 aromatic rings. The maximum absolute atomic E-state index is 12.4. The van der Waals surface area contributed by atoms with Crippen molar-refractivity contribution in [1.82, 2.24) is 0 Å². The number of nitrogens with one attached hydrogen (secondary N) is 1. The lowest BCUT2D eigenvalue weighted by molar-refractivity contribution is -0.132. The molecule has 0 aliphatic carbocycles. The number of nitriles is 1. The molecule has 0 atom stereocenters. The van der Waals surface area contributed by atoms with Crippen LogP contribution in [0.3, 0.4) is 0 Å². The van der Waals surface area contributed by atoms with Crippen LogP contribution in [-0.2, 0) is 9.59 Å². The largest absolute Gasteiger partial charge is 0.490 e. The second kappa shape index (κ2) is 9.79. The highest BCUT2D eigenvalue weighted by molar-refractivity contribution is 6.44. The molecule has 8 heteroatoms. The molecule has 0 heterocycles. The van der Waals surface area contributed by atoms with E-state index in [-0.39, 0.29) is 21.4 Å². The zero-order valence-corrected chi connectivity index (χ0v) is 16.6. The van der Waals surface area contributed by atoms with E-state index in [9.17, 15) is 14.9 Å². The third-order valence-corrected chi connectivity index (χ3v) is 4.22. The van der Waals surface area contributed by atoms with Crippen molar-refractivity contribution < 1.29 is 19.1 Å². The lowest BCUT2D eigenvalue weighted by Gasteiger charge is -2.11. The Bertz CT molecular complexity index is 981. The van der Waals surface area contributed by atoms with Gasteiger partial charge in [-0.2, -0.15) is 5.26 Å². The van der Waals surface area contributed by atoms with Gasteiger partial charge >= 0.3 is 5.97 Å². The van der Waals surface area contributed by atoms with Crippen molar-refractivity contribution in [2.75, 3.05) is 11.9 Å². The molecule has 0 bridgehead atoms. The fourth-order valence-electron chi connectivity index (χ4n) is 2.23. The van der Waals surface area contributed by atoms with Gasteiger partial charge < -0.3 is 14.8 Å². The van der Waals surface area contributed by atoms with E-state index in [1.54, 1.807) is 37.3 Å². The van der Waals surface area contributed by atoms with Crippen molar-refractivity contribution >= 4 is 46.8 Å². The third-order valence-electron chi connectivity index (χ3n) is 3.40. The van der Waals surface area contributed by atoms with Gasteiger partial charge in [-0.25, -0.2) is 0 Å². The number of benzene rings is 2. The van der Waals surface area contributed by atoms with Crippen molar-refractivity contribution in [2.45, 2.75) is 13.8 Å². The van der Waals surface area contributed by atoms with Gasteiger partial charge in [-0.1, -0.05) is 35.3 Å². The third kappa shape index (κ3) is 5.49. The van der Waals surface area contributed by atoms with Crippen LogP contribution in [0, 0.1) is 11.3 Å². The van der Waals surface area contributed by atoms with Crippen molar-refractivity contribution in [3.8, 4) is 17.6 Å². The van der Waals surface area contributed by atoms with Gasteiger partial charge in [0.15, 0.2) is 11.5 Å². The number of amides is 1. The summed E-state index contributed by atoms with van der Waals surface area (Å²) in [4.78, 5) is 23.6. The fourth-order valence-corrected chi connectivity index (χ4v) is 2.57. The number of anilines is 1. The van der Waals surface area contributed by atoms with Crippen molar-refractivity contribution in [3.63, 3.8) is 0 Å². The molecule has 6 nitrogen and oxygen atoms in total. The first-order valence-electron chi connectivity index (χ1n) is 8.18. The van der Waals surface area contributed by atoms with E-state index in [4.69, 9.17) is 32.7 Å². The molecule has 0 fully saturated rings. The first kappa shape index (κ1) is 21.3. The van der Waals surface area contributed by atoms with Crippen LogP contribution in [0.1, 0.15) is 19.4 Å². The van der Waals surface area contributed by atoms with E-state index >= 15 is 0 Å². The fraction of sp³-hybridized carbons (Fsp3) is 0.150. The summed E-state index contributed by atoms with van der Waals surface area (Å²) in [6.45, 7) is 3.41. The predicted octanol–water partition coefficient (Wildman–Crippen LogP) is 4.86. The summed E-state index contributed by atoms with van der Waals surface area (Å²) in [7, 11) is 0. The lowest BCUT2D eigenvalue weighted by Crippen LogP contribution is -2.13. The summed E-state index contributed by atoms with van der Waals surface area (Å²) < 4.78 is 10.5. The van der Waals surface area contributed by atoms with Crippen LogP contribution in [0.4, 0.5) is 5.69 Å². The molecule has 0 aliphatic heterocycles. The molecule has 2 rings (SSSR count). The average Bonchev–Trinajstić information content (AvgIpc) is 2.65. The van der Waals surface area contributed by atoms with E-state index in [0.29, 0.717) is 23.6 Å². The normalized spacial score (nSPS) is 10.8. The first-order chi connectivity index (χ1) is 13.3. The van der Waals surface area contributed by atoms with Crippen LogP contribution in [0.5, 0.6) is 11.5 Å². The van der Waals surface area contributed by atoms with Gasteiger partial charge in [-0.3, -0.25) is 9.59 Å². The van der Waals surface area contributed by atoms with Crippen molar-refractivity contribution in [1.29, 1.82) is 5.26 Å². The van der Waals surface area contributed by atoms with E-state index in [1.165, 1.54) is 19.1 Å². The molecule has 0 radical (unpaired) electrons. The van der Waals surface area contributed by atoms with Gasteiger partial charge in [0, 0.05) is 6.92 Å². The Kier molecular flexibility index (Phi) is 7.44. The minimum absolute atomic E-state index is 0.154. The molecule has 2 aromatic carbocycles. The van der Waals surface area contributed by atoms with E-state index in [1.807, 2.05) is 6.07 Å². The molecule has 0 saturated heterocycles. The highest BCUT2D eigenvalue weighted by Gasteiger charge is 2.14. The van der Waals surface area contributed by atoms with Gasteiger partial charge in [0.1, 0.15) is 11.6 Å². The van der Waals surface area contributed by atoms with Crippen LogP contribution < -0.4 is 14.8 Å². The van der Waals surface area contributed by atoms with Gasteiger partial charge in [0.05, 0.1) is 22.3 Å². The number of halogens is 2. The van der Waals surface area contributed by atoms with Crippen LogP contribution >= 0.6 is 23.2 Å². The Morgan fingerprint density at radius 3 is 2.61 bits per heavy atom. The SMILES string of the molecule is CCOc1cc(/C=C(\C#N)C(=O)Nc2cccc(Cl)c2Cl)ccc1OC(C)=O. The van der Waals surface area contributed by atoms with Gasteiger partial charge in [-0.05, 0) is 42.8 Å². The Morgan fingerprint density at radius 1 is 1.21 bits per heavy atom. The molecular formula is C20H16Cl2N2O4. The maximum Gasteiger partial charge on any atom is 0.308 e. The summed E-state index contributed by atoms with van der Waals surface area (Å²) >= 11 is 12.0. The summed E-state index contributed by atoms with van der Waals surface area (Å²) in [6.07, 6.45) is 1.38. The van der Waals surface area contributed by atoms with Gasteiger partial charge in [0.25, 0.3) is 5.91 Å². The molecule has 0 aromatic heterocycles.